The molecule has 0 amide bonds. The first-order valence-electron chi connectivity index (χ1n) is 9.80. The number of ketones is 1. The second-order valence-electron chi connectivity index (χ2n) is 6.33. The molecule has 1 N–H and O–H groups in total. The third kappa shape index (κ3) is 6.14. The van der Waals surface area contributed by atoms with Crippen LogP contribution in [0.1, 0.15) is 29.8 Å². The maximum atomic E-state index is 12.8. The molecule has 30 heavy (non-hydrogen) atoms. The van der Waals surface area contributed by atoms with Crippen LogP contribution in [0.2, 0.25) is 0 Å². The van der Waals surface area contributed by atoms with Crippen molar-refractivity contribution in [3.05, 3.63) is 90.1 Å². The Balaban J connectivity index is 0.00000101. The number of hydrogen-bond donors (Lipinski definition) is 1. The quantitative estimate of drug-likeness (QED) is 0.334. The Morgan fingerprint density at radius 3 is 2.20 bits per heavy atom. The molecule has 0 aliphatic rings. The van der Waals surface area contributed by atoms with Crippen LogP contribution in [0.5, 0.6) is 0 Å². The molecule has 0 aliphatic carbocycles. The molecule has 3 aromatic rings. The number of pyridine rings is 1. The average molecular weight is 402 g/mol. The molecular weight excluding hydrogens is 376 g/mol. The molecule has 5 nitrogen and oxygen atoms in total. The van der Waals surface area contributed by atoms with Crippen LogP contribution in [0.15, 0.2) is 79.0 Å². The maximum Gasteiger partial charge on any atom is 0.290 e. The molecule has 2 aromatic carbocycles. The summed E-state index contributed by atoms with van der Waals surface area (Å²) >= 11 is 0. The van der Waals surface area contributed by atoms with Crippen LogP contribution in [0.4, 0.5) is 5.69 Å². The first-order chi connectivity index (χ1) is 14.6. The number of carboxylic acid groups (broad SMARTS) is 1. The molecule has 0 fully saturated rings. The van der Waals surface area contributed by atoms with E-state index in [0.29, 0.717) is 5.56 Å². The second kappa shape index (κ2) is 12.0. The summed E-state index contributed by atoms with van der Waals surface area (Å²) in [5.74, 6) is -0.0240. The first-order valence-corrected chi connectivity index (χ1v) is 9.80. The number of aromatic nitrogens is 1. The predicted octanol–water partition coefficient (Wildman–Crippen LogP) is 5.19. The molecule has 1 heterocycles. The van der Waals surface area contributed by atoms with Gasteiger partial charge in [0.2, 0.25) is 0 Å². The third-order valence-corrected chi connectivity index (χ3v) is 4.58. The monoisotopic (exact) mass is 402 g/mol. The largest absolute Gasteiger partial charge is 0.483 e. The van der Waals surface area contributed by atoms with E-state index in [1.165, 1.54) is 5.69 Å². The number of rotatable bonds is 7. The third-order valence-electron chi connectivity index (χ3n) is 4.58. The highest BCUT2D eigenvalue weighted by Crippen LogP contribution is 2.22. The zero-order chi connectivity index (χ0) is 21.8. The Bertz CT molecular complexity index is 963. The Morgan fingerprint density at radius 2 is 1.60 bits per heavy atom. The molecule has 0 radical (unpaired) electrons. The van der Waals surface area contributed by atoms with Crippen molar-refractivity contribution in [1.82, 2.24) is 4.98 Å². The number of anilines is 1. The zero-order valence-corrected chi connectivity index (χ0v) is 17.2. The van der Waals surface area contributed by atoms with Crippen LogP contribution in [0.25, 0.3) is 17.3 Å². The minimum atomic E-state index is -0.250. The van der Waals surface area contributed by atoms with Crippen molar-refractivity contribution in [1.29, 1.82) is 0 Å². The fourth-order valence-electron chi connectivity index (χ4n) is 3.09. The standard InChI is InChI=1S/C24H24N2O.CH2O2/c1-3-26(4-2)20-15-12-19(13-16-20)14-17-24(27)22-10-6-5-9-21(22)23-11-7-8-18-25-23;2-1-3/h5-18H,3-4H2,1-2H3;1H,(H,2,3)/b17-14+;. The minimum absolute atomic E-state index is 0.0240. The maximum absolute atomic E-state index is 12.8. The van der Waals surface area contributed by atoms with E-state index in [4.69, 9.17) is 9.90 Å². The molecule has 0 saturated carbocycles. The topological polar surface area (TPSA) is 70.5 Å². The molecular formula is C25H26N2O3. The van der Waals surface area contributed by atoms with E-state index in [2.05, 4.69) is 35.9 Å². The molecule has 0 atom stereocenters. The van der Waals surface area contributed by atoms with Gasteiger partial charge in [0.05, 0.1) is 5.69 Å². The number of hydrogen-bond acceptors (Lipinski definition) is 4. The van der Waals surface area contributed by atoms with Gasteiger partial charge in [-0.15, -0.1) is 0 Å². The molecule has 0 bridgehead atoms. The lowest BCUT2D eigenvalue weighted by Crippen LogP contribution is -2.21. The van der Waals surface area contributed by atoms with E-state index in [1.54, 1.807) is 12.3 Å². The zero-order valence-electron chi connectivity index (χ0n) is 17.2. The SMILES string of the molecule is CCN(CC)c1ccc(/C=C/C(=O)c2ccccc2-c2ccccn2)cc1.O=CO. The lowest BCUT2D eigenvalue weighted by Gasteiger charge is -2.20. The molecule has 1 aromatic heterocycles. The Kier molecular flexibility index (Phi) is 9.00. The van der Waals surface area contributed by atoms with Crippen molar-refractivity contribution in [3.8, 4) is 11.3 Å². The van der Waals surface area contributed by atoms with E-state index < -0.39 is 0 Å². The number of carbonyl (C=O) groups excluding carboxylic acids is 1. The van der Waals surface area contributed by atoms with Gasteiger partial charge < -0.3 is 10.0 Å². The first kappa shape index (κ1) is 22.6. The predicted molar refractivity (Wildman–Crippen MR) is 122 cm³/mol. The fraction of sp³-hybridized carbons (Fsp3) is 0.160. The summed E-state index contributed by atoms with van der Waals surface area (Å²) in [6.45, 7) is 6.01. The van der Waals surface area contributed by atoms with Crippen molar-refractivity contribution in [2.75, 3.05) is 18.0 Å². The van der Waals surface area contributed by atoms with E-state index in [9.17, 15) is 4.79 Å². The van der Waals surface area contributed by atoms with Gasteiger partial charge in [0.15, 0.2) is 5.78 Å². The highest BCUT2D eigenvalue weighted by atomic mass is 16.3. The Morgan fingerprint density at radius 1 is 0.967 bits per heavy atom. The molecule has 3 rings (SSSR count). The van der Waals surface area contributed by atoms with Gasteiger partial charge in [-0.05, 0) is 49.8 Å². The minimum Gasteiger partial charge on any atom is -0.483 e. The summed E-state index contributed by atoms with van der Waals surface area (Å²) in [5.41, 5.74) is 4.52. The number of nitrogens with zero attached hydrogens (tertiary/aromatic N) is 2. The average Bonchev–Trinajstić information content (AvgIpc) is 2.80. The normalized spacial score (nSPS) is 10.2. The molecule has 0 spiro atoms. The van der Waals surface area contributed by atoms with Crippen molar-refractivity contribution in [2.45, 2.75) is 13.8 Å². The second-order valence-corrected chi connectivity index (χ2v) is 6.33. The highest BCUT2D eigenvalue weighted by molar-refractivity contribution is 6.10. The van der Waals surface area contributed by atoms with Gasteiger partial charge >= 0.3 is 0 Å². The summed E-state index contributed by atoms with van der Waals surface area (Å²) in [5, 5.41) is 6.89. The molecule has 154 valence electrons. The van der Waals surface area contributed by atoms with Crippen molar-refractivity contribution in [2.24, 2.45) is 0 Å². The smallest absolute Gasteiger partial charge is 0.290 e. The number of carbonyl (C=O) groups is 2. The van der Waals surface area contributed by atoms with Gasteiger partial charge in [-0.25, -0.2) is 0 Å². The van der Waals surface area contributed by atoms with Gasteiger partial charge in [0, 0.05) is 36.1 Å². The highest BCUT2D eigenvalue weighted by Gasteiger charge is 2.10. The van der Waals surface area contributed by atoms with Crippen LogP contribution in [-0.4, -0.2) is 35.4 Å². The van der Waals surface area contributed by atoms with Gasteiger partial charge in [0.25, 0.3) is 6.47 Å². The summed E-state index contributed by atoms with van der Waals surface area (Å²) in [6, 6.07) is 21.6. The van der Waals surface area contributed by atoms with Gasteiger partial charge in [0.1, 0.15) is 0 Å². The van der Waals surface area contributed by atoms with E-state index in [1.807, 2.05) is 60.7 Å². The van der Waals surface area contributed by atoms with E-state index >= 15 is 0 Å². The van der Waals surface area contributed by atoms with Crippen molar-refractivity contribution < 1.29 is 14.7 Å². The van der Waals surface area contributed by atoms with Gasteiger partial charge in [-0.1, -0.05) is 48.5 Å². The van der Waals surface area contributed by atoms with Gasteiger partial charge in [-0.2, -0.15) is 0 Å². The molecule has 0 aliphatic heterocycles. The summed E-state index contributed by atoms with van der Waals surface area (Å²) < 4.78 is 0. The molecule has 5 heteroatoms. The van der Waals surface area contributed by atoms with E-state index in [0.717, 1.165) is 29.9 Å². The van der Waals surface area contributed by atoms with Crippen LogP contribution >= 0.6 is 0 Å². The van der Waals surface area contributed by atoms with Crippen molar-refractivity contribution in [3.63, 3.8) is 0 Å². The summed E-state index contributed by atoms with van der Waals surface area (Å²) in [7, 11) is 0. The molecule has 0 unspecified atom stereocenters. The number of benzene rings is 2. The van der Waals surface area contributed by atoms with Crippen LogP contribution < -0.4 is 4.90 Å². The van der Waals surface area contributed by atoms with Crippen LogP contribution in [-0.2, 0) is 4.79 Å². The Hall–Kier alpha value is -3.73. The lowest BCUT2D eigenvalue weighted by molar-refractivity contribution is -0.122. The fourth-order valence-corrected chi connectivity index (χ4v) is 3.09. The summed E-state index contributed by atoms with van der Waals surface area (Å²) in [6.07, 6.45) is 5.24. The van der Waals surface area contributed by atoms with Crippen LogP contribution in [0, 0.1) is 0 Å². The van der Waals surface area contributed by atoms with Gasteiger partial charge in [-0.3, -0.25) is 14.6 Å². The molecule has 0 saturated heterocycles. The summed E-state index contributed by atoms with van der Waals surface area (Å²) in [4.78, 5) is 27.8. The van der Waals surface area contributed by atoms with E-state index in [-0.39, 0.29) is 12.3 Å². The van der Waals surface area contributed by atoms with Crippen molar-refractivity contribution >= 4 is 24.0 Å². The Labute approximate surface area is 177 Å². The number of allylic oxidation sites excluding steroid dienone is 1. The van der Waals surface area contributed by atoms with Crippen LogP contribution in [0.3, 0.4) is 0 Å². The lowest BCUT2D eigenvalue weighted by atomic mass is 10.00.